The van der Waals surface area contributed by atoms with Crippen molar-refractivity contribution in [3.63, 3.8) is 0 Å². The molecule has 0 aromatic heterocycles. The summed E-state index contributed by atoms with van der Waals surface area (Å²) in [5.74, 6) is -17.6. The van der Waals surface area contributed by atoms with E-state index in [1.165, 1.54) is 0 Å². The van der Waals surface area contributed by atoms with Gasteiger partial charge in [-0.15, -0.1) is 0 Å². The fourth-order valence-electron chi connectivity index (χ4n) is 8.30. The van der Waals surface area contributed by atoms with Crippen molar-refractivity contribution >= 4 is 112 Å². The van der Waals surface area contributed by atoms with Crippen LogP contribution in [0.4, 0.5) is 0 Å². The number of esters is 11. The Morgan fingerprint density at radius 1 is 0.562 bits per heavy atom. The molecule has 31 nitrogen and oxygen atoms in total. The molecular formula is C46H61Cl3N2O29. The minimum Gasteiger partial charge on any atom is -0.465 e. The van der Waals surface area contributed by atoms with Crippen LogP contribution in [0.2, 0.25) is 0 Å². The van der Waals surface area contributed by atoms with E-state index in [9.17, 15) is 57.5 Å². The first-order valence-corrected chi connectivity index (χ1v) is 24.8. The lowest BCUT2D eigenvalue weighted by atomic mass is 9.87. The zero-order valence-corrected chi connectivity index (χ0v) is 47.2. The third-order valence-electron chi connectivity index (χ3n) is 10.9. The van der Waals surface area contributed by atoms with E-state index >= 15 is 0 Å². The van der Waals surface area contributed by atoms with Crippen molar-refractivity contribution in [3.8, 4) is 0 Å². The van der Waals surface area contributed by atoms with Crippen LogP contribution in [-0.2, 0) is 138 Å². The van der Waals surface area contributed by atoms with Crippen LogP contribution in [0.15, 0.2) is 0 Å². The molecule has 0 spiro atoms. The minimum atomic E-state index is -3.20. The fourth-order valence-corrected chi connectivity index (χ4v) is 8.43. The molecule has 0 radical (unpaired) electrons. The van der Waals surface area contributed by atoms with Crippen LogP contribution in [0.5, 0.6) is 0 Å². The van der Waals surface area contributed by atoms with Crippen molar-refractivity contribution in [1.29, 1.82) is 5.41 Å². The van der Waals surface area contributed by atoms with E-state index in [1.807, 2.05) is 0 Å². The first-order chi connectivity index (χ1) is 37.1. The average Bonchev–Trinajstić information content (AvgIpc) is 3.30. The Bertz CT molecular complexity index is 2330. The van der Waals surface area contributed by atoms with Crippen molar-refractivity contribution in [2.45, 2.75) is 184 Å². The number of carbonyl (C=O) groups excluding carboxylic acids is 12. The molecule has 3 rings (SSSR count). The van der Waals surface area contributed by atoms with Gasteiger partial charge in [-0.1, -0.05) is 34.8 Å². The molecule has 0 aromatic rings. The molecule has 0 bridgehead atoms. The topological polar surface area (TPSA) is 398 Å². The predicted octanol–water partition coefficient (Wildman–Crippen LogP) is -0.0552. The highest BCUT2D eigenvalue weighted by Gasteiger charge is 2.64. The summed E-state index contributed by atoms with van der Waals surface area (Å²) in [6.45, 7) is 7.38. The van der Waals surface area contributed by atoms with Crippen LogP contribution in [0.1, 0.15) is 82.6 Å². The summed E-state index contributed by atoms with van der Waals surface area (Å²) in [5.41, 5.74) is 0. The number of carbonyl (C=O) groups is 12. The zero-order valence-electron chi connectivity index (χ0n) is 45.0. The number of nitrogens with one attached hydrogen (secondary N) is 2. The minimum absolute atomic E-state index is 0.803. The van der Waals surface area contributed by atoms with E-state index in [1.54, 1.807) is 0 Å². The Hall–Kier alpha value is -6.22. The molecule has 450 valence electrons. The largest absolute Gasteiger partial charge is 0.465 e. The van der Waals surface area contributed by atoms with E-state index in [0.29, 0.717) is 0 Å². The number of hydrogen-bond donors (Lipinski definition) is 2. The maximum Gasteiger partial charge on any atom is 0.366 e. The third kappa shape index (κ3) is 20.1. The molecular weight excluding hydrogens is 1150 g/mol. The van der Waals surface area contributed by atoms with Gasteiger partial charge in [-0.05, 0) is 0 Å². The number of hydrogen-bond acceptors (Lipinski definition) is 30. The summed E-state index contributed by atoms with van der Waals surface area (Å²) < 4.78 is 94.7. The third-order valence-corrected chi connectivity index (χ3v) is 11.4. The number of halogens is 3. The molecule has 3 saturated heterocycles. The first kappa shape index (κ1) is 68.1. The van der Waals surface area contributed by atoms with E-state index in [-0.39, 0.29) is 0 Å². The van der Waals surface area contributed by atoms with Gasteiger partial charge < -0.3 is 85.8 Å². The molecule has 3 fully saturated rings. The number of methoxy groups -OCH3 is 1. The van der Waals surface area contributed by atoms with Crippen LogP contribution < -0.4 is 5.32 Å². The van der Waals surface area contributed by atoms with E-state index < -0.39 is 205 Å². The molecule has 16 atom stereocenters. The van der Waals surface area contributed by atoms with Crippen molar-refractivity contribution in [3.05, 3.63) is 0 Å². The standard InChI is InChI=1S/C46H61Cl3N2O29/c1-17(52)51-32-28(68-21(5)56)13-45(44(63)64-12,79-36(32)33(70-23(7)58)29(69-22(6)57)14-65-18(2)53)80-38-35(71-24(8)59)31(16-67-20(4)55)75-41(40(38)74-27(11)62)77-34-30(15-66-19(3)54)76-42(78-43(50)46(47,48)49)39(73-26(10)61)37(34)72-25(9)60/h28-42,50H,13-16H2,1-12H3,(H,51,52)/t28?,29-,30?,31?,32-,33-,34-,35+,36?,37?,38?,39?,40?,41+,42-,45+/m1/s1. The van der Waals surface area contributed by atoms with Gasteiger partial charge >= 0.3 is 65.7 Å². The Balaban J connectivity index is 2.55. The maximum absolute atomic E-state index is 14.7. The molecule has 34 heteroatoms. The fraction of sp³-hybridized carbons (Fsp3) is 0.717. The van der Waals surface area contributed by atoms with Gasteiger partial charge in [0.15, 0.2) is 36.8 Å². The zero-order chi connectivity index (χ0) is 60.7. The average molecular weight is 1210 g/mol. The summed E-state index contributed by atoms with van der Waals surface area (Å²) in [6, 6.07) is -1.75. The highest BCUT2D eigenvalue weighted by molar-refractivity contribution is 6.76. The highest BCUT2D eigenvalue weighted by Crippen LogP contribution is 2.43. The van der Waals surface area contributed by atoms with Gasteiger partial charge in [-0.25, -0.2) is 4.79 Å². The lowest BCUT2D eigenvalue weighted by Crippen LogP contribution is -2.72. The monoisotopic (exact) mass is 1210 g/mol. The summed E-state index contributed by atoms with van der Waals surface area (Å²) in [6.07, 6.45) is -29.9. The van der Waals surface area contributed by atoms with Crippen LogP contribution in [0, 0.1) is 5.41 Å². The number of amides is 1. The highest BCUT2D eigenvalue weighted by atomic mass is 35.6. The van der Waals surface area contributed by atoms with Gasteiger partial charge in [-0.2, -0.15) is 0 Å². The number of rotatable bonds is 22. The van der Waals surface area contributed by atoms with Gasteiger partial charge in [0, 0.05) is 76.2 Å². The summed E-state index contributed by atoms with van der Waals surface area (Å²) in [7, 11) is 0.803. The van der Waals surface area contributed by atoms with Gasteiger partial charge in [0.25, 0.3) is 9.58 Å². The van der Waals surface area contributed by atoms with Crippen molar-refractivity contribution in [2.24, 2.45) is 0 Å². The predicted molar refractivity (Wildman–Crippen MR) is 257 cm³/mol. The van der Waals surface area contributed by atoms with Crippen molar-refractivity contribution in [2.75, 3.05) is 26.9 Å². The number of alkyl halides is 3. The van der Waals surface area contributed by atoms with E-state index in [2.05, 4.69) is 5.32 Å². The molecule has 2 N–H and O–H groups in total. The second-order valence-corrected chi connectivity index (χ2v) is 19.8. The Morgan fingerprint density at radius 2 is 1.02 bits per heavy atom. The second kappa shape index (κ2) is 30.0. The normalized spacial score (nSPS) is 29.0. The molecule has 0 aliphatic carbocycles. The molecule has 3 aliphatic heterocycles. The number of ether oxygens (including phenoxy) is 17. The molecule has 80 heavy (non-hydrogen) atoms. The van der Waals surface area contributed by atoms with E-state index in [0.717, 1.165) is 83.3 Å². The molecule has 3 aliphatic rings. The molecule has 8 unspecified atom stereocenters. The maximum atomic E-state index is 14.7. The lowest BCUT2D eigenvalue weighted by Gasteiger charge is -2.52. The van der Waals surface area contributed by atoms with Gasteiger partial charge in [0.1, 0.15) is 56.4 Å². The quantitative estimate of drug-likeness (QED) is 0.0471. The van der Waals surface area contributed by atoms with Crippen LogP contribution in [0.3, 0.4) is 0 Å². The van der Waals surface area contributed by atoms with Gasteiger partial charge in [-0.3, -0.25) is 58.1 Å². The summed E-state index contributed by atoms with van der Waals surface area (Å²) >= 11 is 17.7. The Labute approximate surface area is 470 Å². The Kier molecular flexibility index (Phi) is 25.5. The first-order valence-electron chi connectivity index (χ1n) is 23.7. The summed E-state index contributed by atoms with van der Waals surface area (Å²) in [5, 5.41) is 10.7. The van der Waals surface area contributed by atoms with Crippen molar-refractivity contribution < 1.29 is 138 Å². The SMILES string of the molecule is COC(=O)[C@@]1(OC2C(OC(C)=O)[C@H](O[C@@H]3C(COC(C)=O)O[C@H](OC(=N)C(Cl)(Cl)Cl)C(OC(C)=O)C3OC(C)=O)OC(COC(C)=O)[C@@H]2OC(C)=O)CC(OC(C)=O)[C@@H](NC(C)=O)C([C@H](OC(C)=O)[C@@H](COC(C)=O)OC(C)=O)O1. The van der Waals surface area contributed by atoms with Crippen LogP contribution in [-0.4, -0.2) is 206 Å². The smallest absolute Gasteiger partial charge is 0.366 e. The second-order valence-electron chi connectivity index (χ2n) is 17.5. The Morgan fingerprint density at radius 3 is 1.48 bits per heavy atom. The molecule has 1 amide bonds. The van der Waals surface area contributed by atoms with Crippen molar-refractivity contribution in [1.82, 2.24) is 5.32 Å². The van der Waals surface area contributed by atoms with Crippen LogP contribution >= 0.6 is 34.8 Å². The van der Waals surface area contributed by atoms with Crippen LogP contribution in [0.25, 0.3) is 0 Å². The lowest BCUT2D eigenvalue weighted by molar-refractivity contribution is -0.385. The van der Waals surface area contributed by atoms with E-state index in [4.69, 9.17) is 121 Å². The molecule has 0 saturated carbocycles. The molecule has 3 heterocycles. The summed E-state index contributed by atoms with van der Waals surface area (Å²) in [4.78, 5) is 155. The molecule has 0 aromatic carbocycles. The van der Waals surface area contributed by atoms with Gasteiger partial charge in [0.2, 0.25) is 24.2 Å². The van der Waals surface area contributed by atoms with Gasteiger partial charge in [0.05, 0.1) is 19.6 Å².